The summed E-state index contributed by atoms with van der Waals surface area (Å²) in [6.45, 7) is 1.75. The minimum atomic E-state index is -4.48. The maximum absolute atomic E-state index is 13.3. The molecule has 0 amide bonds. The van der Waals surface area contributed by atoms with E-state index < -0.39 is 17.8 Å². The van der Waals surface area contributed by atoms with Crippen LogP contribution in [0.5, 0.6) is 5.75 Å². The summed E-state index contributed by atoms with van der Waals surface area (Å²) in [4.78, 5) is 0. The molecule has 0 aliphatic heterocycles. The zero-order chi connectivity index (χ0) is 18.9. The van der Waals surface area contributed by atoms with E-state index in [9.17, 15) is 13.2 Å². The second-order valence-electron chi connectivity index (χ2n) is 5.81. The largest absolute Gasteiger partial charge is 0.483 e. The number of aromatic nitrogens is 3. The highest BCUT2D eigenvalue weighted by Crippen LogP contribution is 2.36. The monoisotopic (exact) mass is 362 g/mol. The molecule has 1 aromatic heterocycles. The number of rotatable bonds is 4. The topological polar surface area (TPSA) is 66.0 Å². The third-order valence-corrected chi connectivity index (χ3v) is 3.94. The maximum atomic E-state index is 13.3. The fourth-order valence-electron chi connectivity index (χ4n) is 2.66. The molecule has 0 fully saturated rings. The highest BCUT2D eigenvalue weighted by molar-refractivity contribution is 5.61. The summed E-state index contributed by atoms with van der Waals surface area (Å²) < 4.78 is 47.1. The fraction of sp³-hybridized carbons (Fsp3) is 0.222. The van der Waals surface area contributed by atoms with E-state index in [1.165, 1.54) is 22.8 Å². The first-order chi connectivity index (χ1) is 12.3. The van der Waals surface area contributed by atoms with Crippen molar-refractivity contribution in [1.82, 2.24) is 14.8 Å². The Morgan fingerprint density at radius 1 is 1.04 bits per heavy atom. The lowest BCUT2D eigenvalue weighted by molar-refractivity contribution is -0.137. The van der Waals surface area contributed by atoms with Crippen LogP contribution in [-0.4, -0.2) is 14.8 Å². The van der Waals surface area contributed by atoms with Crippen molar-refractivity contribution in [2.75, 3.05) is 5.73 Å². The summed E-state index contributed by atoms with van der Waals surface area (Å²) in [5.41, 5.74) is 5.46. The van der Waals surface area contributed by atoms with Crippen molar-refractivity contribution in [2.24, 2.45) is 7.05 Å². The van der Waals surface area contributed by atoms with Crippen LogP contribution < -0.4 is 10.5 Å². The number of nitrogen functional groups attached to an aromatic ring is 1. The first kappa shape index (κ1) is 17.8. The molecule has 0 spiro atoms. The minimum Gasteiger partial charge on any atom is -0.483 e. The van der Waals surface area contributed by atoms with Crippen LogP contribution >= 0.6 is 0 Å². The molecule has 136 valence electrons. The molecule has 3 rings (SSSR count). The van der Waals surface area contributed by atoms with Crippen LogP contribution in [-0.2, 0) is 13.2 Å². The second-order valence-corrected chi connectivity index (χ2v) is 5.81. The standard InChI is InChI=1S/C18H17F3N4O/c1-11(26-13-9-7-12(22)8-10-13)16-23-24-17(25(16)2)14-5-3-4-6-15(14)18(19,20)21/h3-11H,22H2,1-2H3/t11-/m0/s1. The van der Waals surface area contributed by atoms with Gasteiger partial charge in [-0.2, -0.15) is 13.2 Å². The number of halogens is 3. The van der Waals surface area contributed by atoms with Crippen molar-refractivity contribution in [3.05, 3.63) is 59.9 Å². The number of hydrogen-bond acceptors (Lipinski definition) is 4. The van der Waals surface area contributed by atoms with Crippen molar-refractivity contribution in [3.8, 4) is 17.1 Å². The van der Waals surface area contributed by atoms with Gasteiger partial charge in [0.15, 0.2) is 17.8 Å². The van der Waals surface area contributed by atoms with Crippen LogP contribution in [0.25, 0.3) is 11.4 Å². The maximum Gasteiger partial charge on any atom is 0.417 e. The van der Waals surface area contributed by atoms with E-state index in [0.29, 0.717) is 17.3 Å². The molecule has 2 aromatic carbocycles. The summed E-state index contributed by atoms with van der Waals surface area (Å²) >= 11 is 0. The lowest BCUT2D eigenvalue weighted by atomic mass is 10.1. The lowest BCUT2D eigenvalue weighted by Gasteiger charge is -2.15. The molecule has 0 bridgehead atoms. The van der Waals surface area contributed by atoms with Crippen LogP contribution in [0.2, 0.25) is 0 Å². The van der Waals surface area contributed by atoms with Gasteiger partial charge < -0.3 is 15.0 Å². The Morgan fingerprint density at radius 2 is 1.69 bits per heavy atom. The van der Waals surface area contributed by atoms with Gasteiger partial charge >= 0.3 is 6.18 Å². The third-order valence-electron chi connectivity index (χ3n) is 3.94. The molecule has 0 saturated carbocycles. The predicted octanol–water partition coefficient (Wildman–Crippen LogP) is 4.22. The van der Waals surface area contributed by atoms with Gasteiger partial charge in [0.1, 0.15) is 5.75 Å². The van der Waals surface area contributed by atoms with Gasteiger partial charge in [-0.3, -0.25) is 0 Å². The molecule has 0 unspecified atom stereocenters. The van der Waals surface area contributed by atoms with Crippen LogP contribution in [0, 0.1) is 0 Å². The Hall–Kier alpha value is -3.03. The molecule has 2 N–H and O–H groups in total. The van der Waals surface area contributed by atoms with E-state index in [-0.39, 0.29) is 11.4 Å². The van der Waals surface area contributed by atoms with Crippen LogP contribution in [0.4, 0.5) is 18.9 Å². The second kappa shape index (κ2) is 6.70. The van der Waals surface area contributed by atoms with Gasteiger partial charge in [-0.25, -0.2) is 0 Å². The molecule has 26 heavy (non-hydrogen) atoms. The van der Waals surface area contributed by atoms with E-state index >= 15 is 0 Å². The van der Waals surface area contributed by atoms with Crippen LogP contribution in [0.15, 0.2) is 48.5 Å². The molecule has 1 heterocycles. The van der Waals surface area contributed by atoms with E-state index in [1.807, 2.05) is 0 Å². The van der Waals surface area contributed by atoms with Gasteiger partial charge in [0, 0.05) is 18.3 Å². The van der Waals surface area contributed by atoms with Crippen LogP contribution in [0.3, 0.4) is 0 Å². The van der Waals surface area contributed by atoms with Crippen molar-refractivity contribution in [1.29, 1.82) is 0 Å². The lowest BCUT2D eigenvalue weighted by Crippen LogP contribution is -2.11. The normalized spacial score (nSPS) is 12.8. The van der Waals surface area contributed by atoms with Gasteiger partial charge in [-0.1, -0.05) is 18.2 Å². The van der Waals surface area contributed by atoms with E-state index in [0.717, 1.165) is 6.07 Å². The van der Waals surface area contributed by atoms with Gasteiger partial charge in [-0.05, 0) is 37.3 Å². The smallest absolute Gasteiger partial charge is 0.417 e. The quantitative estimate of drug-likeness (QED) is 0.706. The highest BCUT2D eigenvalue weighted by atomic mass is 19.4. The molecule has 3 aromatic rings. The summed E-state index contributed by atoms with van der Waals surface area (Å²) in [6, 6.07) is 12.1. The summed E-state index contributed by atoms with van der Waals surface area (Å²) in [5, 5.41) is 7.97. The predicted molar refractivity (Wildman–Crippen MR) is 91.3 cm³/mol. The number of benzene rings is 2. The van der Waals surface area contributed by atoms with E-state index in [4.69, 9.17) is 10.5 Å². The summed E-state index contributed by atoms with van der Waals surface area (Å²) in [7, 11) is 1.61. The Morgan fingerprint density at radius 3 is 2.35 bits per heavy atom. The van der Waals surface area contributed by atoms with Gasteiger partial charge in [0.25, 0.3) is 0 Å². The fourth-order valence-corrected chi connectivity index (χ4v) is 2.66. The molecule has 8 heteroatoms. The molecular formula is C18H17F3N4O. The van der Waals surface area contributed by atoms with Crippen molar-refractivity contribution >= 4 is 5.69 Å². The van der Waals surface area contributed by atoms with Crippen molar-refractivity contribution in [3.63, 3.8) is 0 Å². The molecule has 1 atom stereocenters. The van der Waals surface area contributed by atoms with Crippen molar-refractivity contribution < 1.29 is 17.9 Å². The van der Waals surface area contributed by atoms with E-state index in [2.05, 4.69) is 10.2 Å². The molecule has 5 nitrogen and oxygen atoms in total. The first-order valence-electron chi connectivity index (χ1n) is 7.85. The average molecular weight is 362 g/mol. The number of nitrogens with two attached hydrogens (primary N) is 1. The van der Waals surface area contributed by atoms with Gasteiger partial charge in [-0.15, -0.1) is 10.2 Å². The Labute approximate surface area is 148 Å². The van der Waals surface area contributed by atoms with E-state index in [1.54, 1.807) is 38.2 Å². The average Bonchev–Trinajstić information content (AvgIpc) is 2.98. The van der Waals surface area contributed by atoms with Crippen molar-refractivity contribution in [2.45, 2.75) is 19.2 Å². The van der Waals surface area contributed by atoms with Gasteiger partial charge in [0.05, 0.1) is 5.56 Å². The molecule has 0 aliphatic carbocycles. The summed E-state index contributed by atoms with van der Waals surface area (Å²) in [5.74, 6) is 1.11. The van der Waals surface area contributed by atoms with Crippen LogP contribution in [0.1, 0.15) is 24.4 Å². The summed E-state index contributed by atoms with van der Waals surface area (Å²) in [6.07, 6.45) is -4.99. The number of hydrogen-bond donors (Lipinski definition) is 1. The zero-order valence-electron chi connectivity index (χ0n) is 14.2. The zero-order valence-corrected chi connectivity index (χ0v) is 14.2. The number of nitrogens with zero attached hydrogens (tertiary/aromatic N) is 3. The molecular weight excluding hydrogens is 345 g/mol. The minimum absolute atomic E-state index is 0.0269. The molecule has 0 aliphatic rings. The highest BCUT2D eigenvalue weighted by Gasteiger charge is 2.34. The number of anilines is 1. The molecule has 0 saturated heterocycles. The third kappa shape index (κ3) is 3.49. The van der Waals surface area contributed by atoms with Gasteiger partial charge in [0.2, 0.25) is 0 Å². The first-order valence-corrected chi connectivity index (χ1v) is 7.85. The Kier molecular flexibility index (Phi) is 4.58. The number of ether oxygens (including phenoxy) is 1. The number of alkyl halides is 3. The Balaban J connectivity index is 1.92. The SMILES string of the molecule is C[C@H](Oc1ccc(N)cc1)c1nnc(-c2ccccc2C(F)(F)F)n1C. The molecule has 0 radical (unpaired) electrons. The Bertz CT molecular complexity index is 904.